The van der Waals surface area contributed by atoms with Gasteiger partial charge < -0.3 is 9.84 Å². The average Bonchev–Trinajstić information content (AvgIpc) is 3.22. The number of benzene rings is 2. The summed E-state index contributed by atoms with van der Waals surface area (Å²) in [7, 11) is -3.46. The van der Waals surface area contributed by atoms with Gasteiger partial charge in [-0.05, 0) is 55.6 Å². The number of nitrogens with zero attached hydrogens (tertiary/aromatic N) is 1. The molecule has 1 heterocycles. The molecule has 0 spiro atoms. The first-order chi connectivity index (χ1) is 12.4. The number of fused-ring (bicyclic) bond motifs is 1. The average molecular weight is 373 g/mol. The van der Waals surface area contributed by atoms with Crippen molar-refractivity contribution in [2.24, 2.45) is 0 Å². The van der Waals surface area contributed by atoms with Gasteiger partial charge in [0.1, 0.15) is 22.5 Å². The summed E-state index contributed by atoms with van der Waals surface area (Å²) >= 11 is 0. The van der Waals surface area contributed by atoms with E-state index in [1.165, 1.54) is 36.1 Å². The number of sulfone groups is 1. The van der Waals surface area contributed by atoms with Crippen LogP contribution in [0, 0.1) is 0 Å². The summed E-state index contributed by atoms with van der Waals surface area (Å²) in [4.78, 5) is 2.41. The van der Waals surface area contributed by atoms with Crippen LogP contribution < -0.4 is 4.74 Å². The van der Waals surface area contributed by atoms with E-state index < -0.39 is 9.84 Å². The molecule has 0 aromatic heterocycles. The Morgan fingerprint density at radius 3 is 2.54 bits per heavy atom. The standard InChI is InChI=1S/C20H23NO4S/c1-26(23,24)19-9-8-15(13-18(19)22)25-20-16-7-3-2-6-14(16)12-17(20)21-10-4-5-11-21/h2-3,6-9,13,17,20,22H,4-5,10-12H2,1H3. The molecule has 138 valence electrons. The molecular formula is C20H23NO4S. The van der Waals surface area contributed by atoms with Gasteiger partial charge in [-0.25, -0.2) is 8.42 Å². The quantitative estimate of drug-likeness (QED) is 0.893. The first-order valence-corrected chi connectivity index (χ1v) is 10.8. The monoisotopic (exact) mass is 373 g/mol. The van der Waals surface area contributed by atoms with Crippen LogP contribution in [0.2, 0.25) is 0 Å². The van der Waals surface area contributed by atoms with Gasteiger partial charge in [0.25, 0.3) is 0 Å². The molecule has 26 heavy (non-hydrogen) atoms. The van der Waals surface area contributed by atoms with E-state index in [-0.39, 0.29) is 22.8 Å². The third-order valence-corrected chi connectivity index (χ3v) is 6.49. The number of rotatable bonds is 4. The van der Waals surface area contributed by atoms with Crippen LogP contribution in [-0.2, 0) is 16.3 Å². The van der Waals surface area contributed by atoms with Crippen molar-refractivity contribution in [3.63, 3.8) is 0 Å². The Labute approximate surface area is 154 Å². The summed E-state index contributed by atoms with van der Waals surface area (Å²) in [6, 6.07) is 13.0. The molecule has 2 aromatic rings. The van der Waals surface area contributed by atoms with Crippen LogP contribution >= 0.6 is 0 Å². The fourth-order valence-electron chi connectivity index (χ4n) is 4.10. The minimum atomic E-state index is -3.46. The van der Waals surface area contributed by atoms with Gasteiger partial charge in [0.05, 0.1) is 6.04 Å². The lowest BCUT2D eigenvalue weighted by Crippen LogP contribution is -2.38. The summed E-state index contributed by atoms with van der Waals surface area (Å²) in [5.41, 5.74) is 2.47. The van der Waals surface area contributed by atoms with E-state index in [1.807, 2.05) is 6.07 Å². The smallest absolute Gasteiger partial charge is 0.179 e. The zero-order chi connectivity index (χ0) is 18.3. The molecular weight excluding hydrogens is 350 g/mol. The second-order valence-electron chi connectivity index (χ2n) is 7.15. The van der Waals surface area contributed by atoms with Crippen molar-refractivity contribution in [1.82, 2.24) is 4.90 Å². The van der Waals surface area contributed by atoms with Crippen molar-refractivity contribution < 1.29 is 18.3 Å². The minimum Gasteiger partial charge on any atom is -0.506 e. The number of phenols is 1. The highest BCUT2D eigenvalue weighted by Gasteiger charge is 2.38. The zero-order valence-corrected chi connectivity index (χ0v) is 15.6. The lowest BCUT2D eigenvalue weighted by Gasteiger charge is -2.30. The summed E-state index contributed by atoms with van der Waals surface area (Å²) in [6.07, 6.45) is 4.34. The van der Waals surface area contributed by atoms with Crippen LogP contribution in [0.1, 0.15) is 30.1 Å². The molecule has 0 saturated carbocycles. The molecule has 2 atom stereocenters. The number of likely N-dealkylation sites (tertiary alicyclic amines) is 1. The maximum absolute atomic E-state index is 11.7. The predicted molar refractivity (Wildman–Crippen MR) is 99.3 cm³/mol. The van der Waals surface area contributed by atoms with Crippen LogP contribution in [-0.4, -0.2) is 43.8 Å². The highest BCUT2D eigenvalue weighted by atomic mass is 32.2. The van der Waals surface area contributed by atoms with Crippen molar-refractivity contribution in [2.45, 2.75) is 36.3 Å². The van der Waals surface area contributed by atoms with Crippen molar-refractivity contribution in [1.29, 1.82) is 0 Å². The van der Waals surface area contributed by atoms with Gasteiger partial charge in [0.2, 0.25) is 0 Å². The molecule has 1 saturated heterocycles. The minimum absolute atomic E-state index is 0.0761. The van der Waals surface area contributed by atoms with Gasteiger partial charge in [-0.3, -0.25) is 4.90 Å². The molecule has 1 aliphatic carbocycles. The molecule has 1 aliphatic heterocycles. The zero-order valence-electron chi connectivity index (χ0n) is 14.8. The van der Waals surface area contributed by atoms with Crippen molar-refractivity contribution >= 4 is 9.84 Å². The topological polar surface area (TPSA) is 66.8 Å². The van der Waals surface area contributed by atoms with Gasteiger partial charge >= 0.3 is 0 Å². The highest BCUT2D eigenvalue weighted by Crippen LogP contribution is 2.40. The van der Waals surface area contributed by atoms with E-state index in [1.54, 1.807) is 6.07 Å². The lowest BCUT2D eigenvalue weighted by molar-refractivity contribution is 0.0938. The molecule has 2 aromatic carbocycles. The van der Waals surface area contributed by atoms with Crippen LogP contribution in [0.5, 0.6) is 11.5 Å². The third kappa shape index (κ3) is 3.19. The molecule has 0 amide bonds. The third-order valence-electron chi connectivity index (χ3n) is 5.34. The van der Waals surface area contributed by atoms with E-state index >= 15 is 0 Å². The van der Waals surface area contributed by atoms with E-state index in [4.69, 9.17) is 4.74 Å². The normalized spacial score (nSPS) is 23.1. The number of ether oxygens (including phenoxy) is 1. The number of aromatic hydroxyl groups is 1. The van der Waals surface area contributed by atoms with Crippen molar-refractivity contribution in [3.8, 4) is 11.5 Å². The van der Waals surface area contributed by atoms with E-state index in [2.05, 4.69) is 23.1 Å². The Hall–Kier alpha value is -2.05. The summed E-state index contributed by atoms with van der Waals surface area (Å²) in [5, 5.41) is 10.1. The van der Waals surface area contributed by atoms with E-state index in [0.29, 0.717) is 5.75 Å². The molecule has 1 N–H and O–H groups in total. The fourth-order valence-corrected chi connectivity index (χ4v) is 4.86. The van der Waals surface area contributed by atoms with E-state index in [9.17, 15) is 13.5 Å². The van der Waals surface area contributed by atoms with Crippen LogP contribution in [0.4, 0.5) is 0 Å². The molecule has 0 bridgehead atoms. The van der Waals surface area contributed by atoms with E-state index in [0.717, 1.165) is 25.8 Å². The maximum Gasteiger partial charge on any atom is 0.179 e. The molecule has 2 unspecified atom stereocenters. The Morgan fingerprint density at radius 1 is 1.12 bits per heavy atom. The molecule has 2 aliphatic rings. The molecule has 1 fully saturated rings. The summed E-state index contributed by atoms with van der Waals surface area (Å²) < 4.78 is 29.7. The first-order valence-electron chi connectivity index (χ1n) is 8.95. The fraction of sp³-hybridized carbons (Fsp3) is 0.400. The lowest BCUT2D eigenvalue weighted by atomic mass is 10.1. The predicted octanol–water partition coefficient (Wildman–Crippen LogP) is 2.94. The van der Waals surface area contributed by atoms with Gasteiger partial charge in [-0.1, -0.05) is 24.3 Å². The largest absolute Gasteiger partial charge is 0.506 e. The highest BCUT2D eigenvalue weighted by molar-refractivity contribution is 7.90. The first kappa shape index (κ1) is 17.4. The Bertz CT molecular complexity index is 919. The van der Waals surface area contributed by atoms with Gasteiger partial charge in [0, 0.05) is 12.3 Å². The number of hydrogen-bond donors (Lipinski definition) is 1. The second-order valence-corrected chi connectivity index (χ2v) is 9.14. The Morgan fingerprint density at radius 2 is 1.85 bits per heavy atom. The second kappa shape index (κ2) is 6.59. The van der Waals surface area contributed by atoms with Crippen LogP contribution in [0.15, 0.2) is 47.4 Å². The SMILES string of the molecule is CS(=O)(=O)c1ccc(OC2c3ccccc3CC2N2CCCC2)cc1O. The van der Waals surface area contributed by atoms with Crippen LogP contribution in [0.25, 0.3) is 0 Å². The number of phenolic OH excluding ortho intramolecular Hbond substituents is 1. The molecule has 0 radical (unpaired) electrons. The Kier molecular flexibility index (Phi) is 4.40. The molecule has 4 rings (SSSR count). The summed E-state index contributed by atoms with van der Waals surface area (Å²) in [5.74, 6) is 0.217. The molecule has 6 heteroatoms. The van der Waals surface area contributed by atoms with Gasteiger partial charge in [-0.15, -0.1) is 0 Å². The van der Waals surface area contributed by atoms with Gasteiger partial charge in [0.15, 0.2) is 9.84 Å². The molecule has 5 nitrogen and oxygen atoms in total. The Balaban J connectivity index is 1.65. The van der Waals surface area contributed by atoms with Crippen LogP contribution in [0.3, 0.4) is 0 Å². The van der Waals surface area contributed by atoms with Crippen molar-refractivity contribution in [3.05, 3.63) is 53.6 Å². The summed E-state index contributed by atoms with van der Waals surface area (Å²) in [6.45, 7) is 2.16. The maximum atomic E-state index is 11.7. The van der Waals surface area contributed by atoms with Crippen molar-refractivity contribution in [2.75, 3.05) is 19.3 Å². The van der Waals surface area contributed by atoms with Gasteiger partial charge in [-0.2, -0.15) is 0 Å². The number of hydrogen-bond acceptors (Lipinski definition) is 5.